The fourth-order valence-electron chi connectivity index (χ4n) is 3.58. The van der Waals surface area contributed by atoms with Crippen LogP contribution in [-0.2, 0) is 4.74 Å². The molecule has 32 heavy (non-hydrogen) atoms. The minimum Gasteiger partial charge on any atom is -0.491 e. The summed E-state index contributed by atoms with van der Waals surface area (Å²) in [5, 5.41) is 6.10. The summed E-state index contributed by atoms with van der Waals surface area (Å²) >= 11 is 0. The number of methoxy groups -OCH3 is 1. The Hall–Kier alpha value is -2.97. The normalized spacial score (nSPS) is 22.2. The van der Waals surface area contributed by atoms with Crippen LogP contribution in [0.15, 0.2) is 42.5 Å². The van der Waals surface area contributed by atoms with Gasteiger partial charge in [-0.05, 0) is 43.2 Å². The summed E-state index contributed by atoms with van der Waals surface area (Å²) < 4.78 is 25.5. The molecule has 0 unspecified atom stereocenters. The minimum atomic E-state index is -0.614. The molecule has 2 amide bonds. The highest BCUT2D eigenvalue weighted by Crippen LogP contribution is 2.26. The number of hydrogen-bond acceptors (Lipinski definition) is 5. The molecule has 0 saturated carbocycles. The van der Waals surface area contributed by atoms with E-state index in [-0.39, 0.29) is 29.5 Å². The monoisotopic (exact) mass is 443 g/mol. The SMILES string of the molecule is CO[C@@H]1CN(C)C(=O)c2cc(NC(=O)c3ccccc3F)ccc2OC[C@@H](C)NC[C@@H]1C. The smallest absolute Gasteiger partial charge is 0.258 e. The first-order valence-electron chi connectivity index (χ1n) is 10.6. The van der Waals surface area contributed by atoms with Crippen LogP contribution >= 0.6 is 0 Å². The molecule has 7 nitrogen and oxygen atoms in total. The zero-order chi connectivity index (χ0) is 23.3. The van der Waals surface area contributed by atoms with Gasteiger partial charge in [0.05, 0.1) is 17.2 Å². The molecule has 1 heterocycles. The van der Waals surface area contributed by atoms with Crippen molar-refractivity contribution >= 4 is 17.5 Å². The van der Waals surface area contributed by atoms with Gasteiger partial charge in [-0.1, -0.05) is 19.1 Å². The Morgan fingerprint density at radius 2 is 2.00 bits per heavy atom. The van der Waals surface area contributed by atoms with E-state index in [1.807, 2.05) is 6.92 Å². The quantitative estimate of drug-likeness (QED) is 0.762. The molecular weight excluding hydrogens is 413 g/mol. The van der Waals surface area contributed by atoms with Crippen molar-refractivity contribution < 1.29 is 23.5 Å². The second kappa shape index (κ2) is 10.6. The largest absolute Gasteiger partial charge is 0.491 e. The molecule has 2 N–H and O–H groups in total. The molecule has 1 aliphatic rings. The van der Waals surface area contributed by atoms with E-state index < -0.39 is 11.7 Å². The number of rotatable bonds is 3. The van der Waals surface area contributed by atoms with Gasteiger partial charge >= 0.3 is 0 Å². The second-order valence-electron chi connectivity index (χ2n) is 8.20. The van der Waals surface area contributed by atoms with E-state index in [0.717, 1.165) is 6.54 Å². The number of halogens is 1. The summed E-state index contributed by atoms with van der Waals surface area (Å²) in [4.78, 5) is 27.4. The Balaban J connectivity index is 1.90. The number of nitrogens with zero attached hydrogens (tertiary/aromatic N) is 1. The van der Waals surface area contributed by atoms with Crippen LogP contribution in [0.1, 0.15) is 34.6 Å². The number of ether oxygens (including phenoxy) is 2. The zero-order valence-corrected chi connectivity index (χ0v) is 18.9. The van der Waals surface area contributed by atoms with Crippen molar-refractivity contribution in [1.29, 1.82) is 0 Å². The highest BCUT2D eigenvalue weighted by Gasteiger charge is 2.26. The van der Waals surface area contributed by atoms with Gasteiger partial charge in [-0.25, -0.2) is 4.39 Å². The van der Waals surface area contributed by atoms with E-state index >= 15 is 0 Å². The van der Waals surface area contributed by atoms with Crippen molar-refractivity contribution in [2.24, 2.45) is 5.92 Å². The Morgan fingerprint density at radius 1 is 1.25 bits per heavy atom. The van der Waals surface area contributed by atoms with Gasteiger partial charge in [0.15, 0.2) is 0 Å². The van der Waals surface area contributed by atoms with Gasteiger partial charge < -0.3 is 25.0 Å². The fourth-order valence-corrected chi connectivity index (χ4v) is 3.58. The third kappa shape index (κ3) is 5.63. The van der Waals surface area contributed by atoms with E-state index in [1.54, 1.807) is 43.3 Å². The summed E-state index contributed by atoms with van der Waals surface area (Å²) in [5.74, 6) is -0.858. The third-order valence-electron chi connectivity index (χ3n) is 5.60. The second-order valence-corrected chi connectivity index (χ2v) is 8.20. The molecule has 172 valence electrons. The molecule has 2 aromatic rings. The van der Waals surface area contributed by atoms with Crippen LogP contribution in [0.2, 0.25) is 0 Å². The van der Waals surface area contributed by atoms with Gasteiger partial charge in [0.1, 0.15) is 18.2 Å². The minimum absolute atomic E-state index is 0.0653. The average Bonchev–Trinajstić information content (AvgIpc) is 2.78. The molecule has 0 bridgehead atoms. The number of carbonyl (C=O) groups is 2. The van der Waals surface area contributed by atoms with E-state index in [4.69, 9.17) is 9.47 Å². The Morgan fingerprint density at radius 3 is 2.72 bits per heavy atom. The van der Waals surface area contributed by atoms with E-state index in [9.17, 15) is 14.0 Å². The van der Waals surface area contributed by atoms with Crippen LogP contribution < -0.4 is 15.4 Å². The molecule has 0 radical (unpaired) electrons. The average molecular weight is 444 g/mol. The van der Waals surface area contributed by atoms with E-state index in [1.165, 1.54) is 18.2 Å². The molecule has 8 heteroatoms. The summed E-state index contributed by atoms with van der Waals surface area (Å²) in [6.45, 7) is 5.59. The van der Waals surface area contributed by atoms with Crippen LogP contribution in [0.25, 0.3) is 0 Å². The standard InChI is InChI=1S/C24H30FN3O4/c1-15-12-26-16(2)14-32-21-10-9-17(27-23(29)18-7-5-6-8-20(18)25)11-19(21)24(30)28(3)13-22(15)31-4/h5-11,15-16,22,26H,12-14H2,1-4H3,(H,27,29)/t15-,16+,22+/m0/s1. The number of carbonyl (C=O) groups excluding carboxylic acids is 2. The van der Waals surface area contributed by atoms with E-state index in [0.29, 0.717) is 30.2 Å². The summed E-state index contributed by atoms with van der Waals surface area (Å²) in [5.41, 5.74) is 0.614. The van der Waals surface area contributed by atoms with E-state index in [2.05, 4.69) is 17.6 Å². The lowest BCUT2D eigenvalue weighted by Crippen LogP contribution is -2.44. The molecule has 0 aromatic heterocycles. The molecule has 3 rings (SSSR count). The number of nitrogens with one attached hydrogen (secondary N) is 2. The molecule has 2 aromatic carbocycles. The fraction of sp³-hybridized carbons (Fsp3) is 0.417. The van der Waals surface area contributed by atoms with Crippen molar-refractivity contribution in [3.05, 3.63) is 59.4 Å². The van der Waals surface area contributed by atoms with Crippen LogP contribution in [-0.4, -0.2) is 62.7 Å². The van der Waals surface area contributed by atoms with Crippen molar-refractivity contribution in [2.75, 3.05) is 39.2 Å². The number of likely N-dealkylation sites (N-methyl/N-ethyl adjacent to an activating group) is 1. The molecule has 1 aliphatic heterocycles. The van der Waals surface area contributed by atoms with Crippen LogP contribution in [0.3, 0.4) is 0 Å². The molecule has 0 aliphatic carbocycles. The highest BCUT2D eigenvalue weighted by atomic mass is 19.1. The van der Waals surface area contributed by atoms with Crippen LogP contribution in [0.4, 0.5) is 10.1 Å². The number of anilines is 1. The number of amides is 2. The maximum Gasteiger partial charge on any atom is 0.258 e. The van der Waals surface area contributed by atoms with Crippen LogP contribution in [0.5, 0.6) is 5.75 Å². The Labute approximate surface area is 187 Å². The lowest BCUT2D eigenvalue weighted by atomic mass is 10.0. The summed E-state index contributed by atoms with van der Waals surface area (Å²) in [7, 11) is 3.35. The Bertz CT molecular complexity index is 968. The molecule has 0 fully saturated rings. The van der Waals surface area contributed by atoms with Gasteiger partial charge in [-0.2, -0.15) is 0 Å². The predicted molar refractivity (Wildman–Crippen MR) is 121 cm³/mol. The first-order chi connectivity index (χ1) is 15.3. The van der Waals surface area contributed by atoms with Crippen molar-refractivity contribution in [1.82, 2.24) is 10.2 Å². The van der Waals surface area contributed by atoms with Crippen molar-refractivity contribution in [2.45, 2.75) is 26.0 Å². The van der Waals surface area contributed by atoms with Crippen molar-refractivity contribution in [3.63, 3.8) is 0 Å². The highest BCUT2D eigenvalue weighted by molar-refractivity contribution is 6.05. The van der Waals surface area contributed by atoms with Gasteiger partial charge in [0, 0.05) is 39.0 Å². The molecule has 3 atom stereocenters. The van der Waals surface area contributed by atoms with Gasteiger partial charge in [-0.15, -0.1) is 0 Å². The van der Waals surface area contributed by atoms with Gasteiger partial charge in [0.2, 0.25) is 0 Å². The molecular formula is C24H30FN3O4. The molecule has 0 spiro atoms. The lowest BCUT2D eigenvalue weighted by Gasteiger charge is -2.30. The Kier molecular flexibility index (Phi) is 7.82. The number of fused-ring (bicyclic) bond motifs is 1. The molecule has 0 saturated heterocycles. The summed E-state index contributed by atoms with van der Waals surface area (Å²) in [6.07, 6.45) is -0.142. The third-order valence-corrected chi connectivity index (χ3v) is 5.60. The number of hydrogen-bond donors (Lipinski definition) is 2. The predicted octanol–water partition coefficient (Wildman–Crippen LogP) is 3.17. The lowest BCUT2D eigenvalue weighted by molar-refractivity contribution is 0.0281. The van der Waals surface area contributed by atoms with Gasteiger partial charge in [0.25, 0.3) is 11.8 Å². The van der Waals surface area contributed by atoms with Crippen molar-refractivity contribution in [3.8, 4) is 5.75 Å². The first-order valence-corrected chi connectivity index (χ1v) is 10.6. The zero-order valence-electron chi connectivity index (χ0n) is 18.9. The summed E-state index contributed by atoms with van der Waals surface area (Å²) in [6, 6.07) is 10.6. The number of benzene rings is 2. The van der Waals surface area contributed by atoms with Gasteiger partial charge in [-0.3, -0.25) is 9.59 Å². The first kappa shape index (κ1) is 23.7. The maximum atomic E-state index is 14.0. The topological polar surface area (TPSA) is 79.9 Å². The maximum absolute atomic E-state index is 14.0. The van der Waals surface area contributed by atoms with Crippen LogP contribution in [0, 0.1) is 11.7 Å².